The number of nitrogens with one attached hydrogen (secondary N) is 2. The molecule has 130 valence electrons. The Bertz CT molecular complexity index is 619. The van der Waals surface area contributed by atoms with Crippen LogP contribution >= 0.6 is 24.0 Å². The van der Waals surface area contributed by atoms with Gasteiger partial charge in [0.05, 0.1) is 25.4 Å². The molecule has 0 aliphatic rings. The molecular formula is C18H25IN4O. The van der Waals surface area contributed by atoms with Crippen LogP contribution in [0.3, 0.4) is 0 Å². The van der Waals surface area contributed by atoms with Gasteiger partial charge in [-0.15, -0.1) is 24.0 Å². The molecule has 2 rings (SSSR count). The summed E-state index contributed by atoms with van der Waals surface area (Å²) >= 11 is 0. The number of ether oxygens (including phenoxy) is 1. The van der Waals surface area contributed by atoms with Crippen LogP contribution in [-0.4, -0.2) is 24.1 Å². The fourth-order valence-electron chi connectivity index (χ4n) is 2.09. The van der Waals surface area contributed by atoms with Crippen LogP contribution in [0.15, 0.2) is 53.7 Å². The van der Waals surface area contributed by atoms with E-state index in [1.54, 1.807) is 6.20 Å². The van der Waals surface area contributed by atoms with E-state index in [4.69, 9.17) is 4.74 Å². The maximum atomic E-state index is 5.52. The number of pyridine rings is 1. The summed E-state index contributed by atoms with van der Waals surface area (Å²) in [6.45, 7) is 6.75. The minimum absolute atomic E-state index is 0. The number of benzene rings is 1. The van der Waals surface area contributed by atoms with Crippen molar-refractivity contribution in [2.45, 2.75) is 26.9 Å². The number of hydrogen-bond donors (Lipinski definition) is 2. The molecule has 0 radical (unpaired) electrons. The molecular weight excluding hydrogens is 415 g/mol. The zero-order valence-corrected chi connectivity index (χ0v) is 16.5. The minimum atomic E-state index is 0. The van der Waals surface area contributed by atoms with Crippen molar-refractivity contribution in [1.29, 1.82) is 0 Å². The molecule has 0 fully saturated rings. The van der Waals surface area contributed by atoms with Crippen molar-refractivity contribution in [2.24, 2.45) is 4.99 Å². The van der Waals surface area contributed by atoms with E-state index in [0.717, 1.165) is 29.5 Å². The number of hydrogen-bond acceptors (Lipinski definition) is 3. The summed E-state index contributed by atoms with van der Waals surface area (Å²) < 4.78 is 5.52. The summed E-state index contributed by atoms with van der Waals surface area (Å²) in [4.78, 5) is 8.91. The van der Waals surface area contributed by atoms with E-state index >= 15 is 0 Å². The third kappa shape index (κ3) is 7.16. The van der Waals surface area contributed by atoms with Crippen LogP contribution in [-0.2, 0) is 13.1 Å². The molecule has 0 saturated carbocycles. The van der Waals surface area contributed by atoms with E-state index in [-0.39, 0.29) is 24.0 Å². The van der Waals surface area contributed by atoms with Crippen molar-refractivity contribution in [3.63, 3.8) is 0 Å². The van der Waals surface area contributed by atoms with Gasteiger partial charge in [-0.3, -0.25) is 4.98 Å². The summed E-state index contributed by atoms with van der Waals surface area (Å²) in [6.07, 6.45) is 1.79. The van der Waals surface area contributed by atoms with Gasteiger partial charge < -0.3 is 15.4 Å². The number of aliphatic imine (C=N–C) groups is 1. The van der Waals surface area contributed by atoms with Crippen molar-refractivity contribution in [2.75, 3.05) is 13.2 Å². The summed E-state index contributed by atoms with van der Waals surface area (Å²) in [5.41, 5.74) is 2.10. The van der Waals surface area contributed by atoms with Gasteiger partial charge in [-0.25, -0.2) is 4.99 Å². The second kappa shape index (κ2) is 11.7. The Morgan fingerprint density at radius 3 is 2.71 bits per heavy atom. The average molecular weight is 440 g/mol. The van der Waals surface area contributed by atoms with E-state index in [2.05, 4.69) is 20.6 Å². The number of guanidine groups is 1. The van der Waals surface area contributed by atoms with Crippen molar-refractivity contribution in [3.05, 3.63) is 59.9 Å². The van der Waals surface area contributed by atoms with Crippen molar-refractivity contribution < 1.29 is 4.74 Å². The Kier molecular flexibility index (Phi) is 9.83. The lowest BCUT2D eigenvalue weighted by Crippen LogP contribution is -2.36. The molecule has 2 N–H and O–H groups in total. The highest BCUT2D eigenvalue weighted by atomic mass is 127. The molecule has 0 atom stereocenters. The second-order valence-corrected chi connectivity index (χ2v) is 4.95. The van der Waals surface area contributed by atoms with Crippen LogP contribution in [0.2, 0.25) is 0 Å². The normalized spacial score (nSPS) is 10.7. The number of aromatic nitrogens is 1. The highest BCUT2D eigenvalue weighted by Gasteiger charge is 2.00. The molecule has 5 nitrogen and oxygen atoms in total. The lowest BCUT2D eigenvalue weighted by Gasteiger charge is -2.11. The van der Waals surface area contributed by atoms with Crippen molar-refractivity contribution in [3.8, 4) is 5.75 Å². The number of nitrogens with zero attached hydrogens (tertiary/aromatic N) is 2. The SMILES string of the molecule is CCNC(=NCc1cccc(OCC)c1)NCc1ccccn1.I. The standard InChI is InChI=1S/C18H24N4O.HI/c1-3-19-18(22-14-16-9-5-6-11-20-16)21-13-15-8-7-10-17(12-15)23-4-2;/h5-12H,3-4,13-14H2,1-2H3,(H2,19,21,22);1H. The van der Waals surface area contributed by atoms with E-state index in [0.29, 0.717) is 19.7 Å². The lowest BCUT2D eigenvalue weighted by molar-refractivity contribution is 0.340. The average Bonchev–Trinajstić information content (AvgIpc) is 2.59. The molecule has 0 aliphatic heterocycles. The van der Waals surface area contributed by atoms with Gasteiger partial charge in [-0.2, -0.15) is 0 Å². The smallest absolute Gasteiger partial charge is 0.191 e. The molecule has 1 aromatic carbocycles. The summed E-state index contributed by atoms with van der Waals surface area (Å²) in [7, 11) is 0. The van der Waals surface area contributed by atoms with Gasteiger partial charge >= 0.3 is 0 Å². The quantitative estimate of drug-likeness (QED) is 0.394. The molecule has 0 spiro atoms. The third-order valence-electron chi connectivity index (χ3n) is 3.14. The zero-order chi connectivity index (χ0) is 16.3. The first-order valence-electron chi connectivity index (χ1n) is 7.95. The molecule has 0 bridgehead atoms. The predicted molar refractivity (Wildman–Crippen MR) is 109 cm³/mol. The second-order valence-electron chi connectivity index (χ2n) is 4.95. The van der Waals surface area contributed by atoms with Crippen LogP contribution in [0.5, 0.6) is 5.75 Å². The van der Waals surface area contributed by atoms with Gasteiger partial charge in [0.1, 0.15) is 5.75 Å². The first-order valence-corrected chi connectivity index (χ1v) is 7.95. The Hall–Kier alpha value is -1.83. The van der Waals surface area contributed by atoms with Crippen LogP contribution in [0.1, 0.15) is 25.1 Å². The molecule has 2 aromatic rings. The molecule has 0 unspecified atom stereocenters. The number of rotatable bonds is 7. The van der Waals surface area contributed by atoms with Crippen molar-refractivity contribution in [1.82, 2.24) is 15.6 Å². The first-order chi connectivity index (χ1) is 11.3. The van der Waals surface area contributed by atoms with Gasteiger partial charge in [-0.1, -0.05) is 18.2 Å². The maximum absolute atomic E-state index is 5.52. The monoisotopic (exact) mass is 440 g/mol. The lowest BCUT2D eigenvalue weighted by atomic mass is 10.2. The molecule has 24 heavy (non-hydrogen) atoms. The Balaban J connectivity index is 0.00000288. The van der Waals surface area contributed by atoms with Gasteiger partial charge in [0.25, 0.3) is 0 Å². The third-order valence-corrected chi connectivity index (χ3v) is 3.14. The summed E-state index contributed by atoms with van der Waals surface area (Å²) in [6, 6.07) is 13.9. The predicted octanol–water partition coefficient (Wildman–Crippen LogP) is 3.35. The summed E-state index contributed by atoms with van der Waals surface area (Å²) in [5.74, 6) is 1.66. The molecule has 0 aliphatic carbocycles. The van der Waals surface area contributed by atoms with E-state index in [1.165, 1.54) is 0 Å². The number of halogens is 1. The Morgan fingerprint density at radius 2 is 2.00 bits per heavy atom. The molecule has 1 heterocycles. The van der Waals surface area contributed by atoms with Gasteiger partial charge in [0.15, 0.2) is 5.96 Å². The molecule has 0 saturated heterocycles. The Morgan fingerprint density at radius 1 is 1.12 bits per heavy atom. The topological polar surface area (TPSA) is 58.5 Å². The Labute approximate surface area is 161 Å². The van der Waals surface area contributed by atoms with E-state index < -0.39 is 0 Å². The van der Waals surface area contributed by atoms with Gasteiger partial charge in [-0.05, 0) is 43.7 Å². The van der Waals surface area contributed by atoms with Crippen LogP contribution < -0.4 is 15.4 Å². The highest BCUT2D eigenvalue weighted by molar-refractivity contribution is 14.0. The van der Waals surface area contributed by atoms with E-state index in [9.17, 15) is 0 Å². The fraction of sp³-hybridized carbons (Fsp3) is 0.333. The van der Waals surface area contributed by atoms with Crippen LogP contribution in [0, 0.1) is 0 Å². The van der Waals surface area contributed by atoms with E-state index in [1.807, 2.05) is 56.3 Å². The van der Waals surface area contributed by atoms with Crippen LogP contribution in [0.4, 0.5) is 0 Å². The minimum Gasteiger partial charge on any atom is -0.494 e. The van der Waals surface area contributed by atoms with Gasteiger partial charge in [0, 0.05) is 12.7 Å². The highest BCUT2D eigenvalue weighted by Crippen LogP contribution is 2.13. The molecule has 6 heteroatoms. The molecule has 0 amide bonds. The first kappa shape index (κ1) is 20.2. The molecule has 1 aromatic heterocycles. The van der Waals surface area contributed by atoms with Crippen molar-refractivity contribution >= 4 is 29.9 Å². The van der Waals surface area contributed by atoms with Gasteiger partial charge in [0.2, 0.25) is 0 Å². The zero-order valence-electron chi connectivity index (χ0n) is 14.2. The largest absolute Gasteiger partial charge is 0.494 e. The summed E-state index contributed by atoms with van der Waals surface area (Å²) in [5, 5.41) is 6.53. The maximum Gasteiger partial charge on any atom is 0.191 e. The fourth-order valence-corrected chi connectivity index (χ4v) is 2.09. The van der Waals surface area contributed by atoms with Crippen LogP contribution in [0.25, 0.3) is 0 Å².